The number of sulfonamides is 1. The van der Waals surface area contributed by atoms with E-state index in [2.05, 4.69) is 0 Å². The number of nitrogens with two attached hydrogens (primary N) is 1. The average Bonchev–Trinajstić information content (AvgIpc) is 3.01. The maximum absolute atomic E-state index is 13.2. The quantitative estimate of drug-likeness (QED) is 0.600. The Morgan fingerprint density at radius 3 is 2.42 bits per heavy atom. The van der Waals surface area contributed by atoms with Crippen LogP contribution in [0.4, 0.5) is 13.2 Å². The van der Waals surface area contributed by atoms with Crippen LogP contribution in [0.3, 0.4) is 0 Å². The molecule has 33 heavy (non-hydrogen) atoms. The van der Waals surface area contributed by atoms with E-state index in [0.717, 1.165) is 23.3 Å². The summed E-state index contributed by atoms with van der Waals surface area (Å²) < 4.78 is 67.0. The van der Waals surface area contributed by atoms with Crippen molar-refractivity contribution in [3.8, 4) is 11.1 Å². The lowest BCUT2D eigenvalue weighted by molar-refractivity contribution is -0.137. The van der Waals surface area contributed by atoms with E-state index in [1.807, 2.05) is 18.2 Å². The molecule has 0 radical (unpaired) electrons. The molecule has 0 aromatic heterocycles. The van der Waals surface area contributed by atoms with Crippen molar-refractivity contribution in [3.63, 3.8) is 0 Å². The highest BCUT2D eigenvalue weighted by Crippen LogP contribution is 2.33. The molecule has 0 unspecified atom stereocenters. The fourth-order valence-corrected chi connectivity index (χ4v) is 5.54. The molecule has 1 heterocycles. The first-order chi connectivity index (χ1) is 15.6. The zero-order valence-corrected chi connectivity index (χ0v) is 18.3. The first-order valence-corrected chi connectivity index (χ1v) is 11.7. The third-order valence-electron chi connectivity index (χ3n) is 5.71. The van der Waals surface area contributed by atoms with E-state index in [9.17, 15) is 26.4 Å². The maximum atomic E-state index is 13.2. The van der Waals surface area contributed by atoms with Crippen molar-refractivity contribution in [1.82, 2.24) is 4.31 Å². The van der Waals surface area contributed by atoms with Gasteiger partial charge in [0.1, 0.15) is 0 Å². The Bertz CT molecular complexity index is 1320. The zero-order chi connectivity index (χ0) is 23.8. The largest absolute Gasteiger partial charge is 0.416 e. The molecule has 4 rings (SSSR count). The lowest BCUT2D eigenvalue weighted by Gasteiger charge is -2.21. The highest BCUT2D eigenvalue weighted by molar-refractivity contribution is 7.89. The monoisotopic (exact) mass is 474 g/mol. The average molecular weight is 475 g/mol. The van der Waals surface area contributed by atoms with Gasteiger partial charge < -0.3 is 5.73 Å². The van der Waals surface area contributed by atoms with Gasteiger partial charge in [-0.1, -0.05) is 36.4 Å². The highest BCUT2D eigenvalue weighted by Gasteiger charge is 2.33. The minimum Gasteiger partial charge on any atom is -0.366 e. The molecule has 5 nitrogen and oxygen atoms in total. The summed E-state index contributed by atoms with van der Waals surface area (Å²) in [5, 5.41) is 0. The number of alkyl halides is 3. The van der Waals surface area contributed by atoms with Gasteiger partial charge in [-0.25, -0.2) is 8.42 Å². The number of nitrogens with zero attached hydrogens (tertiary/aromatic N) is 1. The van der Waals surface area contributed by atoms with E-state index < -0.39 is 32.6 Å². The molecular weight excluding hydrogens is 453 g/mol. The van der Waals surface area contributed by atoms with Crippen LogP contribution in [0.5, 0.6) is 0 Å². The van der Waals surface area contributed by atoms with Gasteiger partial charge >= 0.3 is 6.18 Å². The van der Waals surface area contributed by atoms with Crippen LogP contribution in [-0.4, -0.2) is 25.2 Å². The first kappa shape index (κ1) is 23.0. The summed E-state index contributed by atoms with van der Waals surface area (Å²) in [4.78, 5) is 11.4. The van der Waals surface area contributed by atoms with Gasteiger partial charge in [0, 0.05) is 18.7 Å². The molecule has 172 valence electrons. The van der Waals surface area contributed by atoms with E-state index in [-0.39, 0.29) is 13.1 Å². The van der Waals surface area contributed by atoms with Crippen LogP contribution < -0.4 is 5.73 Å². The molecule has 3 aromatic carbocycles. The van der Waals surface area contributed by atoms with Gasteiger partial charge in [0.05, 0.1) is 10.5 Å². The second-order valence-electron chi connectivity index (χ2n) is 7.86. The number of carbonyl (C=O) groups excluding carboxylic acids is 1. The first-order valence-electron chi connectivity index (χ1n) is 10.3. The Labute approximate surface area is 189 Å². The molecule has 2 N–H and O–H groups in total. The lowest BCUT2D eigenvalue weighted by atomic mass is 9.94. The van der Waals surface area contributed by atoms with Crippen LogP contribution in [0.15, 0.2) is 71.6 Å². The summed E-state index contributed by atoms with van der Waals surface area (Å²) in [7, 11) is -4.15. The van der Waals surface area contributed by atoms with Crippen molar-refractivity contribution in [1.29, 1.82) is 0 Å². The van der Waals surface area contributed by atoms with Crippen LogP contribution in [0.1, 0.15) is 33.5 Å². The molecule has 0 fully saturated rings. The fourth-order valence-electron chi connectivity index (χ4n) is 4.04. The van der Waals surface area contributed by atoms with E-state index >= 15 is 0 Å². The van der Waals surface area contributed by atoms with Crippen LogP contribution in [-0.2, 0) is 29.2 Å². The van der Waals surface area contributed by atoms with Gasteiger partial charge in [0.2, 0.25) is 15.9 Å². The Balaban J connectivity index is 1.72. The van der Waals surface area contributed by atoms with Gasteiger partial charge in [-0.05, 0) is 65.4 Å². The predicted octanol–water partition coefficient (Wildman–Crippen LogP) is 4.61. The molecule has 0 spiro atoms. The van der Waals surface area contributed by atoms with Crippen LogP contribution in [0.25, 0.3) is 11.1 Å². The fraction of sp³-hybridized carbons (Fsp3) is 0.208. The van der Waals surface area contributed by atoms with Crippen molar-refractivity contribution in [2.45, 2.75) is 30.5 Å². The number of hydrogen-bond donors (Lipinski definition) is 1. The van der Waals surface area contributed by atoms with Gasteiger partial charge in [0.15, 0.2) is 0 Å². The number of fused-ring (bicyclic) bond motifs is 1. The maximum Gasteiger partial charge on any atom is 0.416 e. The van der Waals surface area contributed by atoms with E-state index in [1.165, 1.54) is 10.4 Å². The molecule has 0 bridgehead atoms. The SMILES string of the molecule is NC(=O)c1ccccc1-c1ccc2c(c1)CN(S(=O)(=O)c1cccc(C(F)(F)F)c1)CCC2. The normalized spacial score (nSPS) is 15.0. The Morgan fingerprint density at radius 1 is 0.939 bits per heavy atom. The summed E-state index contributed by atoms with van der Waals surface area (Å²) in [6, 6.07) is 16.2. The molecule has 3 aromatic rings. The molecule has 0 aliphatic carbocycles. The van der Waals surface area contributed by atoms with Crippen molar-refractivity contribution in [2.24, 2.45) is 5.73 Å². The molecule has 1 aliphatic heterocycles. The van der Waals surface area contributed by atoms with Gasteiger partial charge in [-0.3, -0.25) is 4.79 Å². The minimum atomic E-state index is -4.64. The molecule has 1 aliphatic rings. The number of rotatable bonds is 4. The Hall–Kier alpha value is -3.17. The second-order valence-corrected chi connectivity index (χ2v) is 9.80. The summed E-state index contributed by atoms with van der Waals surface area (Å²) in [6.45, 7) is 0.195. The number of halogens is 3. The summed E-state index contributed by atoms with van der Waals surface area (Å²) in [5.41, 5.74) is 7.86. The Kier molecular flexibility index (Phi) is 6.02. The van der Waals surface area contributed by atoms with E-state index in [1.54, 1.807) is 24.3 Å². The molecule has 1 amide bonds. The van der Waals surface area contributed by atoms with Crippen molar-refractivity contribution < 1.29 is 26.4 Å². The third kappa shape index (κ3) is 4.65. The van der Waals surface area contributed by atoms with Crippen molar-refractivity contribution in [2.75, 3.05) is 6.54 Å². The Morgan fingerprint density at radius 2 is 1.70 bits per heavy atom. The van der Waals surface area contributed by atoms with Crippen LogP contribution in [0, 0.1) is 0 Å². The van der Waals surface area contributed by atoms with Crippen LogP contribution >= 0.6 is 0 Å². The van der Waals surface area contributed by atoms with Crippen molar-refractivity contribution >= 4 is 15.9 Å². The van der Waals surface area contributed by atoms with Gasteiger partial charge in [-0.15, -0.1) is 0 Å². The molecule has 0 saturated heterocycles. The highest BCUT2D eigenvalue weighted by atomic mass is 32.2. The van der Waals surface area contributed by atoms with E-state index in [4.69, 9.17) is 5.73 Å². The van der Waals surface area contributed by atoms with Gasteiger partial charge in [-0.2, -0.15) is 17.5 Å². The molecule has 0 saturated carbocycles. The molecule has 9 heteroatoms. The smallest absolute Gasteiger partial charge is 0.366 e. The number of carbonyl (C=O) groups is 1. The van der Waals surface area contributed by atoms with Crippen LogP contribution in [0.2, 0.25) is 0 Å². The number of benzene rings is 3. The summed E-state index contributed by atoms with van der Waals surface area (Å²) in [5.74, 6) is -0.575. The third-order valence-corrected chi connectivity index (χ3v) is 7.55. The second kappa shape index (κ2) is 8.64. The number of aryl methyl sites for hydroxylation is 1. The van der Waals surface area contributed by atoms with E-state index in [0.29, 0.717) is 35.6 Å². The summed E-state index contributed by atoms with van der Waals surface area (Å²) >= 11 is 0. The molecular formula is C24H21F3N2O3S. The number of primary amides is 1. The number of hydrogen-bond acceptors (Lipinski definition) is 3. The predicted molar refractivity (Wildman–Crippen MR) is 118 cm³/mol. The van der Waals surface area contributed by atoms with Gasteiger partial charge in [0.25, 0.3) is 0 Å². The minimum absolute atomic E-state index is 0.0144. The summed E-state index contributed by atoms with van der Waals surface area (Å²) in [6.07, 6.45) is -3.48. The zero-order valence-electron chi connectivity index (χ0n) is 17.5. The number of amides is 1. The topological polar surface area (TPSA) is 80.5 Å². The lowest BCUT2D eigenvalue weighted by Crippen LogP contribution is -2.31. The standard InChI is InChI=1S/C24H21F3N2O3S/c25-24(26,27)19-6-3-7-20(14-19)33(31,32)29-12-4-5-16-10-11-17(13-18(16)15-29)21-8-1-2-9-22(21)23(28)30/h1-3,6-11,13-14H,4-5,12,15H2,(H2,28,30). The molecule has 0 atom stereocenters. The van der Waals surface area contributed by atoms with Crippen molar-refractivity contribution in [3.05, 3.63) is 89.0 Å².